The molecule has 0 radical (unpaired) electrons. The molecule has 0 fully saturated rings. The van der Waals surface area contributed by atoms with Crippen molar-refractivity contribution in [2.24, 2.45) is 0 Å². The second-order valence-electron chi connectivity index (χ2n) is 8.97. The predicted octanol–water partition coefficient (Wildman–Crippen LogP) is 8.13. The SMILES string of the molecule is Brc1ccc(-c2cc(-c3ccccn3)nc(-c3cccc(-n4c5ccccc5c5cnccc54)n3)c2)cc1. The van der Waals surface area contributed by atoms with Crippen LogP contribution in [0.4, 0.5) is 0 Å². The highest BCUT2D eigenvalue weighted by Gasteiger charge is 2.15. The van der Waals surface area contributed by atoms with E-state index in [9.17, 15) is 0 Å². The number of para-hydroxylation sites is 1. The molecule has 0 atom stereocenters. The van der Waals surface area contributed by atoms with Gasteiger partial charge in [-0.1, -0.05) is 58.4 Å². The van der Waals surface area contributed by atoms with Crippen LogP contribution in [0.1, 0.15) is 0 Å². The van der Waals surface area contributed by atoms with E-state index in [0.717, 1.165) is 66.0 Å². The van der Waals surface area contributed by atoms with E-state index in [-0.39, 0.29) is 0 Å². The molecule has 38 heavy (non-hydrogen) atoms. The number of aromatic nitrogens is 5. The Balaban J connectivity index is 1.43. The molecule has 0 spiro atoms. The third-order valence-corrected chi connectivity index (χ3v) is 7.16. The van der Waals surface area contributed by atoms with Crippen molar-refractivity contribution in [2.45, 2.75) is 0 Å². The van der Waals surface area contributed by atoms with Gasteiger partial charge in [0.2, 0.25) is 0 Å². The third kappa shape index (κ3) is 3.96. The van der Waals surface area contributed by atoms with E-state index < -0.39 is 0 Å². The van der Waals surface area contributed by atoms with E-state index in [2.05, 4.69) is 79.0 Å². The first-order valence-electron chi connectivity index (χ1n) is 12.2. The maximum Gasteiger partial charge on any atom is 0.138 e. The molecular formula is C32H20BrN5. The predicted molar refractivity (Wildman–Crippen MR) is 156 cm³/mol. The Morgan fingerprint density at radius 2 is 1.32 bits per heavy atom. The fourth-order valence-corrected chi connectivity index (χ4v) is 5.13. The van der Waals surface area contributed by atoms with Gasteiger partial charge in [0.25, 0.3) is 0 Å². The van der Waals surface area contributed by atoms with Crippen LogP contribution >= 0.6 is 15.9 Å². The molecule has 7 aromatic rings. The average Bonchev–Trinajstić information content (AvgIpc) is 3.32. The Morgan fingerprint density at radius 3 is 2.16 bits per heavy atom. The Labute approximate surface area is 227 Å². The van der Waals surface area contributed by atoms with Crippen LogP contribution in [-0.2, 0) is 0 Å². The Kier molecular flexibility index (Phi) is 5.52. The van der Waals surface area contributed by atoms with Crippen LogP contribution in [0, 0.1) is 0 Å². The fourth-order valence-electron chi connectivity index (χ4n) is 4.87. The molecule has 0 unspecified atom stereocenters. The lowest BCUT2D eigenvalue weighted by molar-refractivity contribution is 1.07. The molecule has 0 aliphatic heterocycles. The highest BCUT2D eigenvalue weighted by atomic mass is 79.9. The van der Waals surface area contributed by atoms with Crippen molar-refractivity contribution in [1.29, 1.82) is 0 Å². The molecule has 5 heterocycles. The number of fused-ring (bicyclic) bond motifs is 3. The summed E-state index contributed by atoms with van der Waals surface area (Å²) in [4.78, 5) is 19.1. The van der Waals surface area contributed by atoms with Crippen LogP contribution in [0.15, 0.2) is 126 Å². The molecule has 180 valence electrons. The zero-order valence-corrected chi connectivity index (χ0v) is 21.7. The van der Waals surface area contributed by atoms with Gasteiger partial charge in [0.05, 0.1) is 33.8 Å². The van der Waals surface area contributed by atoms with E-state index in [1.165, 1.54) is 0 Å². The van der Waals surface area contributed by atoms with E-state index in [1.54, 1.807) is 6.20 Å². The zero-order valence-electron chi connectivity index (χ0n) is 20.2. The molecule has 0 saturated carbocycles. The smallest absolute Gasteiger partial charge is 0.138 e. The standard InChI is InChI=1S/C32H20BrN5/c33-23-13-11-21(12-14-23)22-18-28(26-7-3-4-16-35-26)36-29(19-22)27-8-5-10-32(37-27)38-30-9-2-1-6-24(30)25-20-34-17-15-31(25)38/h1-20H. The highest BCUT2D eigenvalue weighted by molar-refractivity contribution is 9.10. The topological polar surface area (TPSA) is 56.5 Å². The lowest BCUT2D eigenvalue weighted by Gasteiger charge is -2.12. The van der Waals surface area contributed by atoms with Crippen LogP contribution in [-0.4, -0.2) is 24.5 Å². The molecule has 0 aliphatic carbocycles. The number of rotatable bonds is 4. The van der Waals surface area contributed by atoms with Gasteiger partial charge < -0.3 is 0 Å². The molecule has 6 heteroatoms. The summed E-state index contributed by atoms with van der Waals surface area (Å²) in [5, 5.41) is 2.25. The van der Waals surface area contributed by atoms with Gasteiger partial charge in [-0.05, 0) is 71.8 Å². The molecule has 0 bridgehead atoms. The Morgan fingerprint density at radius 1 is 0.553 bits per heavy atom. The molecule has 0 N–H and O–H groups in total. The minimum absolute atomic E-state index is 0.787. The monoisotopic (exact) mass is 553 g/mol. The van der Waals surface area contributed by atoms with Gasteiger partial charge in [0.1, 0.15) is 5.82 Å². The van der Waals surface area contributed by atoms with Crippen LogP contribution < -0.4 is 0 Å². The summed E-state index contributed by atoms with van der Waals surface area (Å²) in [6, 6.07) is 34.8. The zero-order chi connectivity index (χ0) is 25.5. The quantitative estimate of drug-likeness (QED) is 0.221. The molecule has 5 nitrogen and oxygen atoms in total. The van der Waals surface area contributed by atoms with Crippen molar-refractivity contribution in [3.05, 3.63) is 126 Å². The van der Waals surface area contributed by atoms with Gasteiger partial charge in [0, 0.05) is 33.8 Å². The molecule has 7 rings (SSSR count). The van der Waals surface area contributed by atoms with Crippen molar-refractivity contribution in [1.82, 2.24) is 24.5 Å². The first-order chi connectivity index (χ1) is 18.7. The van der Waals surface area contributed by atoms with Crippen LogP contribution in [0.5, 0.6) is 0 Å². The van der Waals surface area contributed by atoms with E-state index in [0.29, 0.717) is 0 Å². The maximum atomic E-state index is 5.12. The van der Waals surface area contributed by atoms with Crippen molar-refractivity contribution < 1.29 is 0 Å². The summed E-state index contributed by atoms with van der Waals surface area (Å²) >= 11 is 3.54. The van der Waals surface area contributed by atoms with Crippen LogP contribution in [0.3, 0.4) is 0 Å². The number of nitrogens with zero attached hydrogens (tertiary/aromatic N) is 5. The number of hydrogen-bond donors (Lipinski definition) is 0. The van der Waals surface area contributed by atoms with Gasteiger partial charge in [-0.3, -0.25) is 14.5 Å². The van der Waals surface area contributed by atoms with E-state index >= 15 is 0 Å². The first kappa shape index (κ1) is 22.5. The summed E-state index contributed by atoms with van der Waals surface area (Å²) in [5.74, 6) is 0.829. The van der Waals surface area contributed by atoms with Gasteiger partial charge >= 0.3 is 0 Å². The number of benzene rings is 2. The number of halogens is 1. The van der Waals surface area contributed by atoms with Crippen molar-refractivity contribution >= 4 is 37.7 Å². The number of hydrogen-bond acceptors (Lipinski definition) is 4. The lowest BCUT2D eigenvalue weighted by Crippen LogP contribution is -2.00. The summed E-state index contributed by atoms with van der Waals surface area (Å²) in [7, 11) is 0. The largest absolute Gasteiger partial charge is 0.294 e. The van der Waals surface area contributed by atoms with Crippen LogP contribution in [0.2, 0.25) is 0 Å². The summed E-state index contributed by atoms with van der Waals surface area (Å²) in [5.41, 5.74) is 7.50. The molecule has 5 aromatic heterocycles. The second kappa shape index (κ2) is 9.32. The van der Waals surface area contributed by atoms with Gasteiger partial charge in [0.15, 0.2) is 0 Å². The maximum absolute atomic E-state index is 5.12. The lowest BCUT2D eigenvalue weighted by atomic mass is 10.0. The molecule has 2 aromatic carbocycles. The minimum atomic E-state index is 0.787. The van der Waals surface area contributed by atoms with Crippen molar-refractivity contribution in [3.63, 3.8) is 0 Å². The summed E-state index contributed by atoms with van der Waals surface area (Å²) < 4.78 is 3.23. The average molecular weight is 554 g/mol. The molecular weight excluding hydrogens is 534 g/mol. The molecule has 0 amide bonds. The van der Waals surface area contributed by atoms with Crippen molar-refractivity contribution in [2.75, 3.05) is 0 Å². The van der Waals surface area contributed by atoms with Gasteiger partial charge in [-0.15, -0.1) is 0 Å². The second-order valence-corrected chi connectivity index (χ2v) is 9.89. The van der Waals surface area contributed by atoms with E-state index in [1.807, 2.05) is 67.0 Å². The summed E-state index contributed by atoms with van der Waals surface area (Å²) in [6.45, 7) is 0. The van der Waals surface area contributed by atoms with Crippen molar-refractivity contribution in [3.8, 4) is 39.7 Å². The third-order valence-electron chi connectivity index (χ3n) is 6.63. The van der Waals surface area contributed by atoms with Crippen LogP contribution in [0.25, 0.3) is 61.5 Å². The minimum Gasteiger partial charge on any atom is -0.294 e. The normalized spacial score (nSPS) is 11.3. The first-order valence-corrected chi connectivity index (χ1v) is 13.0. The molecule has 0 saturated heterocycles. The van der Waals surface area contributed by atoms with Gasteiger partial charge in [-0.2, -0.15) is 0 Å². The Bertz CT molecular complexity index is 1880. The summed E-state index contributed by atoms with van der Waals surface area (Å²) in [6.07, 6.45) is 5.53. The number of pyridine rings is 4. The molecule has 0 aliphatic rings. The van der Waals surface area contributed by atoms with E-state index in [4.69, 9.17) is 9.97 Å². The van der Waals surface area contributed by atoms with Gasteiger partial charge in [-0.25, -0.2) is 9.97 Å². The fraction of sp³-hybridized carbons (Fsp3) is 0. The highest BCUT2D eigenvalue weighted by Crippen LogP contribution is 2.33. The Hall–Kier alpha value is -4.68.